The summed E-state index contributed by atoms with van der Waals surface area (Å²) >= 11 is 0. The number of aliphatic hydroxyl groups is 11. The van der Waals surface area contributed by atoms with Gasteiger partial charge in [0.15, 0.2) is 18.9 Å². The Bertz CT molecular complexity index is 2070. The molecule has 3 aliphatic heterocycles. The second kappa shape index (κ2) is 49.8. The van der Waals surface area contributed by atoms with Crippen LogP contribution in [0, 0.1) is 0 Å². The predicted molar refractivity (Wildman–Crippen MR) is 341 cm³/mol. The molecule has 3 fully saturated rings. The van der Waals surface area contributed by atoms with E-state index in [1.807, 2.05) is 6.08 Å². The number of hydrogen-bond donors (Lipinski definition) is 12. The van der Waals surface area contributed by atoms with Crippen molar-refractivity contribution in [2.75, 3.05) is 26.4 Å². The lowest BCUT2D eigenvalue weighted by Crippen LogP contribution is -2.66. The van der Waals surface area contributed by atoms with E-state index in [1.165, 1.54) is 12.8 Å². The van der Waals surface area contributed by atoms with E-state index in [9.17, 15) is 61.0 Å². The molecule has 17 atom stereocenters. The molecule has 0 aliphatic carbocycles. The van der Waals surface area contributed by atoms with E-state index in [0.717, 1.165) is 135 Å². The van der Waals surface area contributed by atoms with E-state index in [4.69, 9.17) is 28.4 Å². The van der Waals surface area contributed by atoms with Gasteiger partial charge in [0.1, 0.15) is 73.2 Å². The first-order valence-electron chi connectivity index (χ1n) is 32.8. The van der Waals surface area contributed by atoms with Gasteiger partial charge in [-0.3, -0.25) is 4.79 Å². The van der Waals surface area contributed by atoms with Crippen LogP contribution < -0.4 is 5.32 Å². The van der Waals surface area contributed by atoms with Crippen LogP contribution >= 0.6 is 0 Å². The first-order valence-corrected chi connectivity index (χ1v) is 32.8. The van der Waals surface area contributed by atoms with Crippen LogP contribution in [0.3, 0.4) is 0 Å². The molecule has 3 saturated heterocycles. The average molecular weight is 1240 g/mol. The number of ether oxygens (including phenoxy) is 6. The van der Waals surface area contributed by atoms with Crippen molar-refractivity contribution in [1.82, 2.24) is 5.32 Å². The number of aliphatic hydroxyl groups excluding tert-OH is 11. The molecule has 17 unspecified atom stereocenters. The van der Waals surface area contributed by atoms with Crippen LogP contribution in [-0.4, -0.2) is 193 Å². The lowest BCUT2D eigenvalue weighted by molar-refractivity contribution is -0.379. The molecule has 12 N–H and O–H groups in total. The molecule has 0 spiro atoms. The summed E-state index contributed by atoms with van der Waals surface area (Å²) in [5.41, 5.74) is 0. The van der Waals surface area contributed by atoms with Crippen LogP contribution in [0.15, 0.2) is 122 Å². The average Bonchev–Trinajstić information content (AvgIpc) is 1.15. The van der Waals surface area contributed by atoms with Crippen LogP contribution in [0.1, 0.15) is 174 Å². The molecule has 0 aromatic heterocycles. The van der Waals surface area contributed by atoms with Gasteiger partial charge >= 0.3 is 0 Å². The monoisotopic (exact) mass is 1240 g/mol. The van der Waals surface area contributed by atoms with Crippen molar-refractivity contribution in [3.05, 3.63) is 122 Å². The highest BCUT2D eigenvalue weighted by molar-refractivity contribution is 5.76. The first kappa shape index (κ1) is 78.4. The Balaban J connectivity index is 1.35. The Morgan fingerprint density at radius 1 is 0.420 bits per heavy atom. The largest absolute Gasteiger partial charge is 0.394 e. The van der Waals surface area contributed by atoms with Gasteiger partial charge in [0, 0.05) is 6.42 Å². The van der Waals surface area contributed by atoms with Crippen molar-refractivity contribution in [1.29, 1.82) is 0 Å². The summed E-state index contributed by atoms with van der Waals surface area (Å²) in [4.78, 5) is 13.3. The summed E-state index contributed by atoms with van der Waals surface area (Å²) in [5, 5.41) is 120. The highest BCUT2D eigenvalue weighted by Crippen LogP contribution is 2.33. The van der Waals surface area contributed by atoms with Crippen molar-refractivity contribution in [2.24, 2.45) is 0 Å². The predicted octanol–water partition coefficient (Wildman–Crippen LogP) is 7.65. The van der Waals surface area contributed by atoms with Crippen LogP contribution in [0.25, 0.3) is 0 Å². The summed E-state index contributed by atoms with van der Waals surface area (Å²) in [6, 6.07) is -0.985. The minimum Gasteiger partial charge on any atom is -0.394 e. The molecule has 19 heteroatoms. The first-order chi connectivity index (χ1) is 42.8. The van der Waals surface area contributed by atoms with E-state index >= 15 is 0 Å². The fourth-order valence-electron chi connectivity index (χ4n) is 10.2. The Morgan fingerprint density at radius 2 is 0.784 bits per heavy atom. The van der Waals surface area contributed by atoms with E-state index in [-0.39, 0.29) is 18.9 Å². The SMILES string of the molecule is CC/C=C\C/C=C\C/C=C\C/C=C\C/C=C\C/C=C\C/C=C\C/C=C\C/C=C\CCCCCCCCCC(=O)NC(COC1OC(CO)C(OC2OC(CO)C(OC3OC(CO)C(O)C(O)C3O)C(O)C2O)C(O)C1O)C(O)/C=C/CCCCCCCC. The third kappa shape index (κ3) is 32.0. The van der Waals surface area contributed by atoms with Gasteiger partial charge < -0.3 is 89.9 Å². The molecular formula is C69H113NO18. The van der Waals surface area contributed by atoms with Gasteiger partial charge in [0.05, 0.1) is 38.6 Å². The van der Waals surface area contributed by atoms with Crippen LogP contribution in [0.2, 0.25) is 0 Å². The van der Waals surface area contributed by atoms with Gasteiger partial charge in [-0.25, -0.2) is 0 Å². The van der Waals surface area contributed by atoms with Crippen LogP contribution in [0.5, 0.6) is 0 Å². The molecule has 88 heavy (non-hydrogen) atoms. The van der Waals surface area contributed by atoms with Gasteiger partial charge in [-0.1, -0.05) is 200 Å². The normalized spacial score (nSPS) is 29.2. The molecule has 0 radical (unpaired) electrons. The number of hydrogen-bond acceptors (Lipinski definition) is 18. The molecule has 0 aromatic carbocycles. The molecule has 502 valence electrons. The standard InChI is InChI=1S/C69H113NO18/c1-3-5-7-9-11-13-14-15-16-17-18-19-20-21-22-23-24-25-26-27-28-29-30-31-32-33-34-35-36-37-38-39-41-43-45-47-57(75)70-52(53(74)46-44-42-40-12-10-8-6-4-2)51-83-67-63(81)60(78)65(55(49-72)85-67)88-69-64(82)61(79)66(56(50-73)86-69)87-68-62(80)59(77)58(76)54(48-71)84-68/h5,7,11,13,15-16,18-19,21-22,24-25,27-28,30-31,33-34,44,46,52-56,58-69,71-74,76-82H,3-4,6,8-10,12,14,17,20,23,26,29,32,35-43,45,47-51H2,1-2H3,(H,70,75)/b7-5-,13-11-,16-15-,19-18-,22-21-,25-24-,28-27-,31-30-,34-33-,46-44+. The Hall–Kier alpha value is -3.81. The summed E-state index contributed by atoms with van der Waals surface area (Å²) in [7, 11) is 0. The number of carbonyl (C=O) groups excluding carboxylic acids is 1. The maximum absolute atomic E-state index is 13.3. The van der Waals surface area contributed by atoms with E-state index in [1.54, 1.807) is 6.08 Å². The maximum atomic E-state index is 13.3. The molecule has 0 bridgehead atoms. The van der Waals surface area contributed by atoms with Crippen LogP contribution in [0.4, 0.5) is 0 Å². The number of nitrogens with one attached hydrogen (secondary N) is 1. The third-order valence-corrected chi connectivity index (χ3v) is 15.5. The van der Waals surface area contributed by atoms with Gasteiger partial charge in [0.2, 0.25) is 5.91 Å². The number of carbonyl (C=O) groups is 1. The highest BCUT2D eigenvalue weighted by atomic mass is 16.8. The zero-order chi connectivity index (χ0) is 64.0. The summed E-state index contributed by atoms with van der Waals surface area (Å²) in [6.07, 6.45) is 40.7. The molecule has 3 heterocycles. The fourth-order valence-corrected chi connectivity index (χ4v) is 10.2. The molecule has 0 aromatic rings. The third-order valence-electron chi connectivity index (χ3n) is 15.5. The zero-order valence-corrected chi connectivity index (χ0v) is 52.6. The minimum absolute atomic E-state index is 0.221. The highest BCUT2D eigenvalue weighted by Gasteiger charge is 2.53. The fraction of sp³-hybridized carbons (Fsp3) is 0.696. The topological polar surface area (TPSA) is 307 Å². The molecule has 3 rings (SSSR count). The Kier molecular flexibility index (Phi) is 44.4. The Morgan fingerprint density at radius 3 is 1.23 bits per heavy atom. The van der Waals surface area contributed by atoms with Gasteiger partial charge in [-0.2, -0.15) is 0 Å². The number of allylic oxidation sites excluding steroid dienone is 19. The van der Waals surface area contributed by atoms with Crippen molar-refractivity contribution < 1.29 is 89.4 Å². The second-order valence-corrected chi connectivity index (χ2v) is 22.8. The lowest BCUT2D eigenvalue weighted by atomic mass is 9.96. The maximum Gasteiger partial charge on any atom is 0.220 e. The number of rotatable bonds is 47. The molecule has 1 amide bonds. The van der Waals surface area contributed by atoms with Crippen molar-refractivity contribution in [2.45, 2.75) is 279 Å². The van der Waals surface area contributed by atoms with Crippen molar-refractivity contribution >= 4 is 5.91 Å². The summed E-state index contributed by atoms with van der Waals surface area (Å²) < 4.78 is 34.2. The molecule has 0 saturated carbocycles. The van der Waals surface area contributed by atoms with Crippen molar-refractivity contribution in [3.63, 3.8) is 0 Å². The lowest BCUT2D eigenvalue weighted by Gasteiger charge is -2.48. The second-order valence-electron chi connectivity index (χ2n) is 22.8. The van der Waals surface area contributed by atoms with E-state index in [2.05, 4.69) is 129 Å². The van der Waals surface area contributed by atoms with Crippen molar-refractivity contribution in [3.8, 4) is 0 Å². The Labute approximate surface area is 525 Å². The van der Waals surface area contributed by atoms with Gasteiger partial charge in [0.25, 0.3) is 0 Å². The summed E-state index contributed by atoms with van der Waals surface area (Å²) in [6.45, 7) is 1.51. The molecular weight excluding hydrogens is 1130 g/mol. The number of amides is 1. The zero-order valence-electron chi connectivity index (χ0n) is 52.6. The van der Waals surface area contributed by atoms with Gasteiger partial charge in [-0.05, 0) is 89.9 Å². The van der Waals surface area contributed by atoms with E-state index in [0.29, 0.717) is 6.42 Å². The minimum atomic E-state index is -1.98. The molecule has 19 nitrogen and oxygen atoms in total. The summed E-state index contributed by atoms with van der Waals surface area (Å²) in [5.74, 6) is -0.297. The molecule has 3 aliphatic rings. The number of unbranched alkanes of at least 4 members (excludes halogenated alkanes) is 13. The van der Waals surface area contributed by atoms with E-state index < -0.39 is 124 Å². The smallest absolute Gasteiger partial charge is 0.220 e. The van der Waals surface area contributed by atoms with Crippen LogP contribution in [-0.2, 0) is 33.2 Å². The quantitative estimate of drug-likeness (QED) is 0.0206. The van der Waals surface area contributed by atoms with Gasteiger partial charge in [-0.15, -0.1) is 0 Å².